The van der Waals surface area contributed by atoms with Crippen LogP contribution in [-0.4, -0.2) is 47.0 Å². The van der Waals surface area contributed by atoms with E-state index in [0.29, 0.717) is 29.7 Å². The molecule has 0 unspecified atom stereocenters. The lowest BCUT2D eigenvalue weighted by molar-refractivity contribution is -0.123. The van der Waals surface area contributed by atoms with Crippen LogP contribution in [-0.2, 0) is 16.2 Å². The number of hydrogen-bond acceptors (Lipinski definition) is 8. The maximum Gasteiger partial charge on any atom is 0.277 e. The van der Waals surface area contributed by atoms with Crippen LogP contribution < -0.4 is 19.7 Å². The predicted molar refractivity (Wildman–Crippen MR) is 141 cm³/mol. The summed E-state index contributed by atoms with van der Waals surface area (Å²) < 4.78 is 16.8. The van der Waals surface area contributed by atoms with Gasteiger partial charge < -0.3 is 24.1 Å². The van der Waals surface area contributed by atoms with Crippen molar-refractivity contribution in [2.24, 2.45) is 0 Å². The Balaban J connectivity index is 1.36. The van der Waals surface area contributed by atoms with E-state index in [1.807, 2.05) is 37.3 Å². The summed E-state index contributed by atoms with van der Waals surface area (Å²) >= 11 is 1.12. The first-order chi connectivity index (χ1) is 18.1. The van der Waals surface area contributed by atoms with Crippen LogP contribution in [0.1, 0.15) is 44.9 Å². The van der Waals surface area contributed by atoms with Crippen LogP contribution in [0.15, 0.2) is 64.2 Å². The first kappa shape index (κ1) is 26.5. The second-order valence-electron chi connectivity index (χ2n) is 8.66. The maximum atomic E-state index is 13.3. The molecular formula is C27H32N4O5S. The fourth-order valence-electron chi connectivity index (χ4n) is 4.09. The molecule has 1 aliphatic rings. The quantitative estimate of drug-likeness (QED) is 0.342. The highest BCUT2D eigenvalue weighted by Gasteiger charge is 2.23. The molecule has 0 bridgehead atoms. The number of rotatable bonds is 12. The van der Waals surface area contributed by atoms with Crippen molar-refractivity contribution >= 4 is 29.3 Å². The van der Waals surface area contributed by atoms with Crippen LogP contribution in [0.4, 0.5) is 5.69 Å². The number of nitrogens with zero attached hydrogens (tertiary/aromatic N) is 3. The number of benzene rings is 2. The molecule has 10 heteroatoms. The lowest BCUT2D eigenvalue weighted by Crippen LogP contribution is -2.45. The van der Waals surface area contributed by atoms with E-state index in [2.05, 4.69) is 15.5 Å². The molecule has 37 heavy (non-hydrogen) atoms. The minimum atomic E-state index is -0.242. The second-order valence-corrected chi connectivity index (χ2v) is 9.59. The molecule has 1 heterocycles. The topological polar surface area (TPSA) is 107 Å². The van der Waals surface area contributed by atoms with Gasteiger partial charge in [0.2, 0.25) is 11.8 Å². The summed E-state index contributed by atoms with van der Waals surface area (Å²) in [4.78, 5) is 27.6. The van der Waals surface area contributed by atoms with Crippen LogP contribution in [0.3, 0.4) is 0 Å². The molecule has 3 aromatic rings. The van der Waals surface area contributed by atoms with E-state index in [0.717, 1.165) is 37.4 Å². The Hall–Kier alpha value is -3.53. The molecule has 1 aliphatic carbocycles. The van der Waals surface area contributed by atoms with Crippen molar-refractivity contribution < 1.29 is 23.5 Å². The number of aromatic nitrogens is 2. The molecule has 1 N–H and O–H groups in total. The summed E-state index contributed by atoms with van der Waals surface area (Å²) in [6, 6.07) is 16.7. The van der Waals surface area contributed by atoms with Gasteiger partial charge in [-0.3, -0.25) is 9.59 Å². The summed E-state index contributed by atoms with van der Waals surface area (Å²) in [6.07, 6.45) is 5.39. The zero-order valence-corrected chi connectivity index (χ0v) is 21.7. The number of carbonyl (C=O) groups is 2. The van der Waals surface area contributed by atoms with Crippen molar-refractivity contribution in [2.75, 3.05) is 23.8 Å². The van der Waals surface area contributed by atoms with E-state index >= 15 is 0 Å². The van der Waals surface area contributed by atoms with Gasteiger partial charge in [-0.25, -0.2) is 0 Å². The van der Waals surface area contributed by atoms with Crippen LogP contribution in [0.25, 0.3) is 0 Å². The monoisotopic (exact) mass is 524 g/mol. The van der Waals surface area contributed by atoms with Gasteiger partial charge in [-0.15, -0.1) is 10.2 Å². The van der Waals surface area contributed by atoms with Gasteiger partial charge in [0.05, 0.1) is 12.4 Å². The van der Waals surface area contributed by atoms with Gasteiger partial charge in [0.1, 0.15) is 18.0 Å². The molecule has 4 rings (SSSR count). The Morgan fingerprint density at radius 3 is 2.46 bits per heavy atom. The van der Waals surface area contributed by atoms with Crippen LogP contribution in [0, 0.1) is 0 Å². The largest absolute Gasteiger partial charge is 0.494 e. The smallest absolute Gasteiger partial charge is 0.277 e. The van der Waals surface area contributed by atoms with Crippen LogP contribution in [0.2, 0.25) is 0 Å². The van der Waals surface area contributed by atoms with Gasteiger partial charge in [-0.05, 0) is 56.2 Å². The highest BCUT2D eigenvalue weighted by Crippen LogP contribution is 2.23. The molecule has 0 radical (unpaired) electrons. The van der Waals surface area contributed by atoms with Gasteiger partial charge in [0.25, 0.3) is 11.1 Å². The highest BCUT2D eigenvalue weighted by molar-refractivity contribution is 7.99. The minimum absolute atomic E-state index is 0.0328. The fourth-order valence-corrected chi connectivity index (χ4v) is 4.75. The summed E-state index contributed by atoms with van der Waals surface area (Å²) in [7, 11) is 0. The molecule has 2 amide bonds. The number of anilines is 1. The molecule has 0 saturated heterocycles. The molecule has 0 atom stereocenters. The van der Waals surface area contributed by atoms with Crippen molar-refractivity contribution in [1.82, 2.24) is 15.5 Å². The Labute approximate surface area is 220 Å². The molecule has 1 fully saturated rings. The third-order valence-corrected chi connectivity index (χ3v) is 6.71. The molecular weight excluding hydrogens is 492 g/mol. The van der Waals surface area contributed by atoms with E-state index in [9.17, 15) is 9.59 Å². The van der Waals surface area contributed by atoms with Gasteiger partial charge in [0.15, 0.2) is 6.61 Å². The zero-order valence-electron chi connectivity index (χ0n) is 20.9. The van der Waals surface area contributed by atoms with E-state index in [4.69, 9.17) is 13.9 Å². The van der Waals surface area contributed by atoms with E-state index < -0.39 is 0 Å². The number of ether oxygens (including phenoxy) is 2. The van der Waals surface area contributed by atoms with Gasteiger partial charge in [0, 0.05) is 11.7 Å². The molecule has 0 spiro atoms. The summed E-state index contributed by atoms with van der Waals surface area (Å²) in [6.45, 7) is 2.52. The SMILES string of the molecule is CCOc1ccc(N(CC(=O)NC2CCCCC2)C(=O)CSc2nnc(COc3ccccc3)o2)cc1. The Bertz CT molecular complexity index is 1130. The van der Waals surface area contributed by atoms with Crippen LogP contribution in [0.5, 0.6) is 11.5 Å². The molecule has 196 valence electrons. The molecule has 1 aromatic heterocycles. The van der Waals surface area contributed by atoms with Gasteiger partial charge >= 0.3 is 0 Å². The molecule has 2 aromatic carbocycles. The van der Waals surface area contributed by atoms with Crippen molar-refractivity contribution in [1.29, 1.82) is 0 Å². The fraction of sp³-hybridized carbons (Fsp3) is 0.407. The first-order valence-corrected chi connectivity index (χ1v) is 13.5. The van der Waals surface area contributed by atoms with Gasteiger partial charge in [-0.2, -0.15) is 0 Å². The number of nitrogens with one attached hydrogen (secondary N) is 1. The lowest BCUT2D eigenvalue weighted by atomic mass is 9.95. The highest BCUT2D eigenvalue weighted by atomic mass is 32.2. The Kier molecular flexibility index (Phi) is 9.81. The average Bonchev–Trinajstić information content (AvgIpc) is 3.39. The van der Waals surface area contributed by atoms with E-state index in [1.54, 1.807) is 24.3 Å². The molecule has 9 nitrogen and oxygen atoms in total. The van der Waals surface area contributed by atoms with Crippen molar-refractivity contribution in [2.45, 2.75) is 56.9 Å². The second kappa shape index (κ2) is 13.7. The van der Waals surface area contributed by atoms with E-state index in [-0.39, 0.29) is 42.0 Å². The summed E-state index contributed by atoms with van der Waals surface area (Å²) in [5, 5.41) is 11.3. The lowest BCUT2D eigenvalue weighted by Gasteiger charge is -2.26. The first-order valence-electron chi connectivity index (χ1n) is 12.6. The van der Waals surface area contributed by atoms with E-state index in [1.165, 1.54) is 11.3 Å². The predicted octanol–water partition coefficient (Wildman–Crippen LogP) is 4.62. The van der Waals surface area contributed by atoms with Crippen molar-refractivity contribution in [3.8, 4) is 11.5 Å². The number of hydrogen-bond donors (Lipinski definition) is 1. The average molecular weight is 525 g/mol. The Morgan fingerprint density at radius 2 is 1.73 bits per heavy atom. The number of amides is 2. The standard InChI is InChI=1S/C27H32N4O5S/c1-2-34-23-15-13-21(14-16-23)31(17-24(32)28-20-9-5-3-6-10-20)26(33)19-37-27-30-29-25(36-27)18-35-22-11-7-4-8-12-22/h4,7-8,11-16,20H,2-3,5-6,9-10,17-19H2,1H3,(H,28,32). The number of carbonyl (C=O) groups excluding carboxylic acids is 2. The number of thioether (sulfide) groups is 1. The van der Waals surface area contributed by atoms with Crippen molar-refractivity contribution in [3.63, 3.8) is 0 Å². The number of para-hydroxylation sites is 1. The minimum Gasteiger partial charge on any atom is -0.494 e. The summed E-state index contributed by atoms with van der Waals surface area (Å²) in [5.74, 6) is 1.34. The summed E-state index contributed by atoms with van der Waals surface area (Å²) in [5.41, 5.74) is 0.621. The van der Waals surface area contributed by atoms with Crippen LogP contribution >= 0.6 is 11.8 Å². The zero-order chi connectivity index (χ0) is 25.9. The maximum absolute atomic E-state index is 13.3. The Morgan fingerprint density at radius 1 is 1.00 bits per heavy atom. The van der Waals surface area contributed by atoms with Gasteiger partial charge in [-0.1, -0.05) is 49.2 Å². The van der Waals surface area contributed by atoms with Crippen molar-refractivity contribution in [3.05, 3.63) is 60.5 Å². The molecule has 1 saturated carbocycles. The third kappa shape index (κ3) is 8.24. The normalized spacial score (nSPS) is 13.6. The molecule has 0 aliphatic heterocycles. The third-order valence-electron chi connectivity index (χ3n) is 5.91.